The summed E-state index contributed by atoms with van der Waals surface area (Å²) < 4.78 is 60.2. The molecule has 1 aliphatic rings. The maximum atomic E-state index is 12.9. The Morgan fingerprint density at radius 1 is 0.774 bits per heavy atom. The molecule has 4 rings (SSSR count). The lowest BCUT2D eigenvalue weighted by Gasteiger charge is -2.20. The fraction of sp³-hybridized carbons (Fsp3) is 0.286. The highest BCUT2D eigenvalue weighted by Crippen LogP contribution is 2.24. The summed E-state index contributed by atoms with van der Waals surface area (Å²) in [5.74, 6) is 0. The van der Waals surface area contributed by atoms with Crippen LogP contribution in [-0.2, 0) is 20.0 Å². The molecule has 1 fully saturated rings. The smallest absolute Gasteiger partial charge is 0.336 e. The molecule has 1 N–H and O–H groups in total. The van der Waals surface area contributed by atoms with Crippen LogP contribution >= 0.6 is 0 Å². The quantitative estimate of drug-likeness (QED) is 0.583. The number of fused-ring (bicyclic) bond motifs is 1. The van der Waals surface area contributed by atoms with Crippen LogP contribution in [0.3, 0.4) is 0 Å². The Labute approximate surface area is 180 Å². The number of hydrogen-bond donors (Lipinski definition) is 1. The van der Waals surface area contributed by atoms with Crippen LogP contribution < -0.4 is 10.3 Å². The molecule has 0 radical (unpaired) electrons. The van der Waals surface area contributed by atoms with Crippen molar-refractivity contribution >= 4 is 36.7 Å². The van der Waals surface area contributed by atoms with Crippen LogP contribution in [0.5, 0.6) is 0 Å². The van der Waals surface area contributed by atoms with Crippen molar-refractivity contribution in [2.45, 2.75) is 35.5 Å². The minimum atomic E-state index is -3.92. The molecule has 10 heteroatoms. The SMILES string of the molecule is O=c1ccc2cc(S(=O)(=O)Nc3ccc(S(=O)(=O)N4CCCCCC4)cc3)ccc2o1. The van der Waals surface area contributed by atoms with E-state index in [0.29, 0.717) is 18.5 Å². The van der Waals surface area contributed by atoms with Gasteiger partial charge in [0.25, 0.3) is 10.0 Å². The lowest BCUT2D eigenvalue weighted by Crippen LogP contribution is -2.31. The summed E-state index contributed by atoms with van der Waals surface area (Å²) in [6.07, 6.45) is 3.72. The van der Waals surface area contributed by atoms with Crippen molar-refractivity contribution in [3.63, 3.8) is 0 Å². The van der Waals surface area contributed by atoms with Crippen LogP contribution in [0.2, 0.25) is 0 Å². The zero-order valence-electron chi connectivity index (χ0n) is 16.7. The number of sulfonamides is 2. The first-order chi connectivity index (χ1) is 14.8. The van der Waals surface area contributed by atoms with Gasteiger partial charge in [-0.3, -0.25) is 4.72 Å². The van der Waals surface area contributed by atoms with E-state index in [1.807, 2.05) is 0 Å². The molecule has 0 spiro atoms. The molecule has 3 aromatic rings. The van der Waals surface area contributed by atoms with Crippen molar-refractivity contribution in [2.75, 3.05) is 17.8 Å². The van der Waals surface area contributed by atoms with Crippen molar-refractivity contribution in [2.24, 2.45) is 0 Å². The second kappa shape index (κ2) is 8.45. The van der Waals surface area contributed by atoms with Gasteiger partial charge in [0, 0.05) is 30.2 Å². The Hall–Kier alpha value is -2.69. The highest BCUT2D eigenvalue weighted by atomic mass is 32.2. The predicted molar refractivity (Wildman–Crippen MR) is 117 cm³/mol. The Balaban J connectivity index is 1.55. The maximum Gasteiger partial charge on any atom is 0.336 e. The number of nitrogens with zero attached hydrogens (tertiary/aromatic N) is 1. The molecule has 0 aliphatic carbocycles. The lowest BCUT2D eigenvalue weighted by molar-refractivity contribution is 0.424. The van der Waals surface area contributed by atoms with Crippen LogP contribution in [0.15, 0.2) is 73.6 Å². The standard InChI is InChI=1S/C21H22N2O6S2/c24-21-12-5-16-15-19(10-11-20(16)29-21)30(25,26)22-17-6-8-18(9-7-17)31(27,28)23-13-3-1-2-4-14-23/h5-12,15,22H,1-4,13-14H2. The normalized spacial score (nSPS) is 16.1. The Morgan fingerprint density at radius 3 is 2.10 bits per heavy atom. The average Bonchev–Trinajstić information content (AvgIpc) is 3.03. The number of benzene rings is 2. The number of hydrogen-bond acceptors (Lipinski definition) is 6. The van der Waals surface area contributed by atoms with Gasteiger partial charge in [-0.15, -0.1) is 0 Å². The van der Waals surface area contributed by atoms with Gasteiger partial charge < -0.3 is 4.42 Å². The van der Waals surface area contributed by atoms with Crippen molar-refractivity contribution < 1.29 is 21.3 Å². The summed E-state index contributed by atoms with van der Waals surface area (Å²) in [4.78, 5) is 11.4. The minimum absolute atomic E-state index is 0.00452. The van der Waals surface area contributed by atoms with Gasteiger partial charge in [-0.2, -0.15) is 4.31 Å². The molecule has 1 aliphatic heterocycles. The number of rotatable bonds is 5. The summed E-state index contributed by atoms with van der Waals surface area (Å²) in [6, 6.07) is 12.6. The average molecular weight is 463 g/mol. The molecular weight excluding hydrogens is 440 g/mol. The Morgan fingerprint density at radius 2 is 1.42 bits per heavy atom. The van der Waals surface area contributed by atoms with Gasteiger partial charge in [0.2, 0.25) is 10.0 Å². The highest BCUT2D eigenvalue weighted by molar-refractivity contribution is 7.92. The molecule has 2 heterocycles. The second-order valence-electron chi connectivity index (χ2n) is 7.40. The monoisotopic (exact) mass is 462 g/mol. The molecule has 0 atom stereocenters. The van der Waals surface area contributed by atoms with E-state index in [2.05, 4.69) is 4.72 Å². The van der Waals surface area contributed by atoms with Gasteiger partial charge in [0.05, 0.1) is 9.79 Å². The first kappa shape index (κ1) is 21.5. The summed E-state index contributed by atoms with van der Waals surface area (Å²) in [5, 5.41) is 0.473. The molecule has 8 nitrogen and oxygen atoms in total. The summed E-state index contributed by atoms with van der Waals surface area (Å²) in [5.41, 5.74) is 0.0143. The van der Waals surface area contributed by atoms with E-state index in [0.717, 1.165) is 25.7 Å². The van der Waals surface area contributed by atoms with E-state index in [9.17, 15) is 21.6 Å². The van der Waals surface area contributed by atoms with Gasteiger partial charge >= 0.3 is 5.63 Å². The molecule has 0 unspecified atom stereocenters. The van der Waals surface area contributed by atoms with Crippen molar-refractivity contribution in [1.29, 1.82) is 0 Å². The second-order valence-corrected chi connectivity index (χ2v) is 11.0. The molecule has 0 amide bonds. The third-order valence-corrected chi connectivity index (χ3v) is 8.50. The van der Waals surface area contributed by atoms with Crippen LogP contribution in [0.4, 0.5) is 5.69 Å². The number of anilines is 1. The van der Waals surface area contributed by atoms with E-state index in [4.69, 9.17) is 4.42 Å². The molecule has 0 bridgehead atoms. The van der Waals surface area contributed by atoms with Crippen LogP contribution in [0.25, 0.3) is 11.0 Å². The van der Waals surface area contributed by atoms with Crippen LogP contribution in [0, 0.1) is 0 Å². The molecule has 164 valence electrons. The molecule has 0 saturated carbocycles. The molecule has 31 heavy (non-hydrogen) atoms. The topological polar surface area (TPSA) is 114 Å². The van der Waals surface area contributed by atoms with Crippen LogP contribution in [0.1, 0.15) is 25.7 Å². The van der Waals surface area contributed by atoms with Gasteiger partial charge in [-0.25, -0.2) is 21.6 Å². The summed E-state index contributed by atoms with van der Waals surface area (Å²) >= 11 is 0. The van der Waals surface area contributed by atoms with Crippen molar-refractivity contribution in [3.8, 4) is 0 Å². The molecule has 1 aromatic heterocycles. The van der Waals surface area contributed by atoms with E-state index in [-0.39, 0.29) is 21.1 Å². The van der Waals surface area contributed by atoms with Crippen molar-refractivity contribution in [3.05, 3.63) is 65.0 Å². The first-order valence-electron chi connectivity index (χ1n) is 9.93. The van der Waals surface area contributed by atoms with Gasteiger partial charge in [0.15, 0.2) is 0 Å². The fourth-order valence-corrected chi connectivity index (χ4v) is 6.17. The third kappa shape index (κ3) is 4.65. The zero-order valence-corrected chi connectivity index (χ0v) is 18.3. The molecule has 2 aromatic carbocycles. The largest absolute Gasteiger partial charge is 0.423 e. The molecular formula is C21H22N2O6S2. The predicted octanol–water partition coefficient (Wildman–Crippen LogP) is 3.16. The Kier molecular flexibility index (Phi) is 5.87. The van der Waals surface area contributed by atoms with E-state index < -0.39 is 25.7 Å². The highest BCUT2D eigenvalue weighted by Gasteiger charge is 2.25. The van der Waals surface area contributed by atoms with E-state index in [1.54, 1.807) is 0 Å². The van der Waals surface area contributed by atoms with Gasteiger partial charge in [0.1, 0.15) is 5.58 Å². The van der Waals surface area contributed by atoms with Gasteiger partial charge in [-0.05, 0) is 61.4 Å². The minimum Gasteiger partial charge on any atom is -0.423 e. The van der Waals surface area contributed by atoms with Crippen LogP contribution in [-0.4, -0.2) is 34.2 Å². The van der Waals surface area contributed by atoms with Gasteiger partial charge in [-0.1, -0.05) is 12.8 Å². The fourth-order valence-electron chi connectivity index (χ4n) is 3.56. The van der Waals surface area contributed by atoms with Crippen molar-refractivity contribution in [1.82, 2.24) is 4.31 Å². The zero-order chi connectivity index (χ0) is 22.1. The third-order valence-electron chi connectivity index (χ3n) is 5.21. The summed E-state index contributed by atoms with van der Waals surface area (Å²) in [6.45, 7) is 0.998. The maximum absolute atomic E-state index is 12.9. The summed E-state index contributed by atoms with van der Waals surface area (Å²) in [7, 11) is -7.52. The number of nitrogens with one attached hydrogen (secondary N) is 1. The lowest BCUT2D eigenvalue weighted by atomic mass is 10.2. The molecule has 1 saturated heterocycles. The first-order valence-corrected chi connectivity index (χ1v) is 12.8. The van der Waals surface area contributed by atoms with E-state index in [1.165, 1.54) is 58.9 Å². The Bertz CT molecular complexity index is 1350. The van der Waals surface area contributed by atoms with E-state index >= 15 is 0 Å².